The second kappa shape index (κ2) is 6.51. The minimum absolute atomic E-state index is 0.215. The van der Waals surface area contributed by atoms with Gasteiger partial charge in [0.1, 0.15) is 0 Å². The molecule has 0 amide bonds. The Morgan fingerprint density at radius 3 is 3.05 bits per heavy atom. The monoisotopic (exact) mass is 294 g/mol. The van der Waals surface area contributed by atoms with Crippen molar-refractivity contribution in [2.24, 2.45) is 7.05 Å². The lowest BCUT2D eigenvalue weighted by atomic mass is 10.2. The van der Waals surface area contributed by atoms with E-state index in [2.05, 4.69) is 27.1 Å². The van der Waals surface area contributed by atoms with E-state index in [-0.39, 0.29) is 5.97 Å². The van der Waals surface area contributed by atoms with Crippen molar-refractivity contribution in [3.05, 3.63) is 23.0 Å². The molecule has 0 radical (unpaired) electrons. The fraction of sp³-hybridized carbons (Fsp3) is 0.462. The number of carbonyl (C=O) groups is 1. The molecule has 0 aliphatic rings. The van der Waals surface area contributed by atoms with Gasteiger partial charge in [0.25, 0.3) is 0 Å². The van der Waals surface area contributed by atoms with Gasteiger partial charge in [0.2, 0.25) is 0 Å². The van der Waals surface area contributed by atoms with Crippen molar-refractivity contribution >= 4 is 28.1 Å². The SMILES string of the molecule is CCc1nn(C)cc1Nc1nc(CCC(=O)OC)cs1. The van der Waals surface area contributed by atoms with Crippen LogP contribution in [0.25, 0.3) is 0 Å². The topological polar surface area (TPSA) is 69.0 Å². The minimum Gasteiger partial charge on any atom is -0.469 e. The Labute approximate surface area is 121 Å². The number of thiazole rings is 1. The van der Waals surface area contributed by atoms with E-state index in [0.29, 0.717) is 12.8 Å². The molecule has 7 heteroatoms. The molecule has 0 aromatic carbocycles. The van der Waals surface area contributed by atoms with Crippen LogP contribution in [0.2, 0.25) is 0 Å². The van der Waals surface area contributed by atoms with Gasteiger partial charge in [0, 0.05) is 25.0 Å². The number of esters is 1. The lowest BCUT2D eigenvalue weighted by Gasteiger charge is -2.00. The Hall–Kier alpha value is -1.89. The highest BCUT2D eigenvalue weighted by molar-refractivity contribution is 7.13. The first kappa shape index (κ1) is 14.5. The van der Waals surface area contributed by atoms with Crippen molar-refractivity contribution in [1.82, 2.24) is 14.8 Å². The highest BCUT2D eigenvalue weighted by atomic mass is 32.1. The van der Waals surface area contributed by atoms with Crippen molar-refractivity contribution < 1.29 is 9.53 Å². The number of methoxy groups -OCH3 is 1. The normalized spacial score (nSPS) is 10.6. The number of nitrogens with zero attached hydrogens (tertiary/aromatic N) is 3. The van der Waals surface area contributed by atoms with E-state index in [4.69, 9.17) is 0 Å². The largest absolute Gasteiger partial charge is 0.469 e. The van der Waals surface area contributed by atoms with Crippen molar-refractivity contribution in [1.29, 1.82) is 0 Å². The molecule has 2 rings (SSSR count). The Balaban J connectivity index is 2.00. The molecule has 2 heterocycles. The van der Waals surface area contributed by atoms with E-state index in [1.54, 1.807) is 4.68 Å². The van der Waals surface area contributed by atoms with Gasteiger partial charge in [-0.2, -0.15) is 5.10 Å². The number of hydrogen-bond acceptors (Lipinski definition) is 6. The summed E-state index contributed by atoms with van der Waals surface area (Å²) in [7, 11) is 3.29. The molecule has 20 heavy (non-hydrogen) atoms. The summed E-state index contributed by atoms with van der Waals surface area (Å²) in [5, 5.41) is 10.4. The number of anilines is 2. The second-order valence-corrected chi connectivity index (χ2v) is 5.22. The summed E-state index contributed by atoms with van der Waals surface area (Å²) in [4.78, 5) is 15.6. The van der Waals surface area contributed by atoms with Crippen LogP contribution in [-0.2, 0) is 29.4 Å². The van der Waals surface area contributed by atoms with E-state index >= 15 is 0 Å². The molecule has 0 bridgehead atoms. The van der Waals surface area contributed by atoms with Gasteiger partial charge in [-0.15, -0.1) is 11.3 Å². The lowest BCUT2D eigenvalue weighted by molar-refractivity contribution is -0.140. The number of aromatic nitrogens is 3. The van der Waals surface area contributed by atoms with Gasteiger partial charge in [-0.1, -0.05) is 6.92 Å². The van der Waals surface area contributed by atoms with Gasteiger partial charge in [-0.3, -0.25) is 9.48 Å². The van der Waals surface area contributed by atoms with Gasteiger partial charge in [-0.05, 0) is 6.42 Å². The molecule has 108 valence electrons. The van der Waals surface area contributed by atoms with Gasteiger partial charge < -0.3 is 10.1 Å². The molecule has 0 aliphatic carbocycles. The van der Waals surface area contributed by atoms with Gasteiger partial charge in [-0.25, -0.2) is 4.98 Å². The van der Waals surface area contributed by atoms with E-state index in [9.17, 15) is 4.79 Å². The molecule has 2 aromatic rings. The van der Waals surface area contributed by atoms with Crippen LogP contribution < -0.4 is 5.32 Å². The third-order valence-electron chi connectivity index (χ3n) is 2.85. The van der Waals surface area contributed by atoms with Crippen LogP contribution in [0.5, 0.6) is 0 Å². The third-order valence-corrected chi connectivity index (χ3v) is 3.65. The van der Waals surface area contributed by atoms with E-state index in [1.165, 1.54) is 18.4 Å². The predicted octanol–water partition coefficient (Wildman–Crippen LogP) is 2.29. The summed E-state index contributed by atoms with van der Waals surface area (Å²) >= 11 is 1.52. The average molecular weight is 294 g/mol. The maximum atomic E-state index is 11.1. The van der Waals surface area contributed by atoms with Crippen LogP contribution in [-0.4, -0.2) is 27.8 Å². The molecule has 6 nitrogen and oxygen atoms in total. The van der Waals surface area contributed by atoms with Crippen LogP contribution in [0.1, 0.15) is 24.7 Å². The van der Waals surface area contributed by atoms with Crippen molar-refractivity contribution in [3.63, 3.8) is 0 Å². The summed E-state index contributed by atoms with van der Waals surface area (Å²) in [6.45, 7) is 2.07. The molecule has 0 spiro atoms. The Morgan fingerprint density at radius 2 is 2.35 bits per heavy atom. The highest BCUT2D eigenvalue weighted by Crippen LogP contribution is 2.23. The summed E-state index contributed by atoms with van der Waals surface area (Å²) < 4.78 is 6.40. The Morgan fingerprint density at radius 1 is 1.55 bits per heavy atom. The number of hydrogen-bond donors (Lipinski definition) is 1. The average Bonchev–Trinajstić information content (AvgIpc) is 3.03. The van der Waals surface area contributed by atoms with Crippen LogP contribution in [0.3, 0.4) is 0 Å². The maximum Gasteiger partial charge on any atom is 0.305 e. The Kier molecular flexibility index (Phi) is 4.73. The first-order valence-corrected chi connectivity index (χ1v) is 7.31. The van der Waals surface area contributed by atoms with Crippen LogP contribution >= 0.6 is 11.3 Å². The molecule has 0 atom stereocenters. The third kappa shape index (κ3) is 3.57. The molecule has 0 fully saturated rings. The molecule has 0 saturated carbocycles. The van der Waals surface area contributed by atoms with Crippen LogP contribution in [0, 0.1) is 0 Å². The fourth-order valence-corrected chi connectivity index (χ4v) is 2.58. The first-order valence-electron chi connectivity index (χ1n) is 6.43. The highest BCUT2D eigenvalue weighted by Gasteiger charge is 2.09. The zero-order chi connectivity index (χ0) is 14.5. The smallest absolute Gasteiger partial charge is 0.305 e. The fourth-order valence-electron chi connectivity index (χ4n) is 1.83. The second-order valence-electron chi connectivity index (χ2n) is 4.36. The number of aryl methyl sites for hydroxylation is 3. The summed E-state index contributed by atoms with van der Waals surface area (Å²) in [5.74, 6) is -0.215. The van der Waals surface area contributed by atoms with Gasteiger partial charge >= 0.3 is 5.97 Å². The molecular formula is C13H18N4O2S. The lowest BCUT2D eigenvalue weighted by Crippen LogP contribution is -2.02. The van der Waals surface area contributed by atoms with Crippen LogP contribution in [0.4, 0.5) is 10.8 Å². The van der Waals surface area contributed by atoms with Crippen LogP contribution in [0.15, 0.2) is 11.6 Å². The number of rotatable bonds is 6. The van der Waals surface area contributed by atoms with Crippen molar-refractivity contribution in [2.45, 2.75) is 26.2 Å². The predicted molar refractivity (Wildman–Crippen MR) is 78.3 cm³/mol. The van der Waals surface area contributed by atoms with E-state index in [0.717, 1.165) is 28.6 Å². The molecule has 0 aliphatic heterocycles. The quantitative estimate of drug-likeness (QED) is 0.828. The molecule has 0 unspecified atom stereocenters. The molecule has 2 aromatic heterocycles. The number of nitrogens with one attached hydrogen (secondary N) is 1. The van der Waals surface area contributed by atoms with Gasteiger partial charge in [0.15, 0.2) is 5.13 Å². The number of ether oxygens (including phenoxy) is 1. The zero-order valence-electron chi connectivity index (χ0n) is 11.8. The van der Waals surface area contributed by atoms with E-state index < -0.39 is 0 Å². The molecule has 0 saturated heterocycles. The minimum atomic E-state index is -0.215. The summed E-state index contributed by atoms with van der Waals surface area (Å²) in [6, 6.07) is 0. The van der Waals surface area contributed by atoms with Crippen molar-refractivity contribution in [3.8, 4) is 0 Å². The molecular weight excluding hydrogens is 276 g/mol. The standard InChI is InChI=1S/C13H18N4O2S/c1-4-10-11(7-17(2)16-10)15-13-14-9(8-20-13)5-6-12(18)19-3/h7-8H,4-6H2,1-3H3,(H,14,15). The van der Waals surface area contributed by atoms with Crippen molar-refractivity contribution in [2.75, 3.05) is 12.4 Å². The summed E-state index contributed by atoms with van der Waals surface area (Å²) in [6.07, 6.45) is 3.75. The maximum absolute atomic E-state index is 11.1. The Bertz CT molecular complexity index is 591. The zero-order valence-corrected chi connectivity index (χ0v) is 12.7. The van der Waals surface area contributed by atoms with E-state index in [1.807, 2.05) is 18.6 Å². The number of carbonyl (C=O) groups excluding carboxylic acids is 1. The van der Waals surface area contributed by atoms with Gasteiger partial charge in [0.05, 0.1) is 30.6 Å². The first-order chi connectivity index (χ1) is 9.62. The molecule has 1 N–H and O–H groups in total. The summed E-state index contributed by atoms with van der Waals surface area (Å²) in [5.41, 5.74) is 2.88.